The van der Waals surface area contributed by atoms with Gasteiger partial charge in [0.1, 0.15) is 0 Å². The molecule has 2 amide bonds. The van der Waals surface area contributed by atoms with Crippen LogP contribution in [0.4, 0.5) is 23.2 Å². The molecule has 0 radical (unpaired) electrons. The number of rotatable bonds is 4. The van der Waals surface area contributed by atoms with Gasteiger partial charge in [-0.25, -0.2) is 0 Å². The molecule has 0 unspecified atom stereocenters. The van der Waals surface area contributed by atoms with Crippen LogP contribution in [0.5, 0.6) is 5.75 Å². The molecule has 0 aromatic heterocycles. The van der Waals surface area contributed by atoms with Crippen molar-refractivity contribution < 1.29 is 45.4 Å². The zero-order valence-electron chi connectivity index (χ0n) is 12.7. The number of carbonyl (C=O) groups is 2. The molecule has 1 heterocycles. The molecule has 1 aliphatic heterocycles. The number of halogens is 6. The summed E-state index contributed by atoms with van der Waals surface area (Å²) in [6.45, 7) is 3.45. The predicted octanol–water partition coefficient (Wildman–Crippen LogP) is 3.69. The minimum absolute atomic E-state index is 0.217. The number of ether oxygens (including phenoxy) is 1. The predicted molar refractivity (Wildman–Crippen MR) is 81.5 cm³/mol. The molecule has 0 bridgehead atoms. The van der Waals surface area contributed by atoms with Crippen LogP contribution in [-0.2, 0) is 23.1 Å². The number of hydrogen-bond acceptors (Lipinski definition) is 3. The molecular weight excluding hydrogens is 478 g/mol. The van der Waals surface area contributed by atoms with Gasteiger partial charge < -0.3 is 0 Å². The molecule has 11 heteroatoms. The number of hydrogen-bond donors (Lipinski definition) is 0. The molecule has 0 N–H and O–H groups in total. The van der Waals surface area contributed by atoms with Crippen LogP contribution < -0.4 is 9.64 Å². The van der Waals surface area contributed by atoms with E-state index < -0.39 is 42.9 Å². The number of nitrogens with zero attached hydrogens (tertiary/aromatic N) is 1. The summed E-state index contributed by atoms with van der Waals surface area (Å²) >= 11 is -2.40. The van der Waals surface area contributed by atoms with Crippen molar-refractivity contribution in [3.05, 3.63) is 23.8 Å². The van der Waals surface area contributed by atoms with Gasteiger partial charge in [0.05, 0.1) is 0 Å². The molecule has 0 saturated carbocycles. The Morgan fingerprint density at radius 2 is 1.64 bits per heavy atom. The van der Waals surface area contributed by atoms with Gasteiger partial charge >= 0.3 is 153 Å². The summed E-state index contributed by atoms with van der Waals surface area (Å²) in [6.07, 6.45) is -0.256. The summed E-state index contributed by atoms with van der Waals surface area (Å²) in [5, 5.41) is 0. The SMILES string of the molecule is CC(C)Oc1ccc(N2C(=O)C(F)(F)C(F)(F)C2=O)cc1[CH]=[Ru]([Cl])[Cl]. The summed E-state index contributed by atoms with van der Waals surface area (Å²) in [7, 11) is 11.6. The van der Waals surface area contributed by atoms with Crippen molar-refractivity contribution >= 4 is 41.5 Å². The Hall–Kier alpha value is -1.05. The summed E-state index contributed by atoms with van der Waals surface area (Å²) in [6, 6.07) is 3.40. The molecule has 0 aliphatic carbocycles. The number of alkyl halides is 4. The van der Waals surface area contributed by atoms with Gasteiger partial charge in [-0.2, -0.15) is 0 Å². The van der Waals surface area contributed by atoms with E-state index in [0.29, 0.717) is 0 Å². The van der Waals surface area contributed by atoms with E-state index in [9.17, 15) is 27.2 Å². The summed E-state index contributed by atoms with van der Waals surface area (Å²) < 4.78 is 60.6. The van der Waals surface area contributed by atoms with Gasteiger partial charge in [-0.3, -0.25) is 0 Å². The van der Waals surface area contributed by atoms with Crippen LogP contribution >= 0.6 is 19.4 Å². The normalized spacial score (nSPS) is 19.4. The molecule has 140 valence electrons. The monoisotopic (exact) mass is 489 g/mol. The van der Waals surface area contributed by atoms with Crippen LogP contribution in [-0.4, -0.2) is 34.4 Å². The third kappa shape index (κ3) is 3.59. The van der Waals surface area contributed by atoms with E-state index >= 15 is 0 Å². The zero-order valence-corrected chi connectivity index (χ0v) is 15.9. The van der Waals surface area contributed by atoms with Crippen LogP contribution in [0.3, 0.4) is 0 Å². The molecule has 1 fully saturated rings. The minimum atomic E-state index is -5.11. The standard InChI is InChI=1S/C14H11F4NO3.2ClH.Ru/c1-7(2)22-10-5-4-9(6-8(10)3)19-11(20)13(15,16)14(17,18)12(19)21;;;/h3-7H,1-2H3;2*1H;/q;;;+2/p-2. The Labute approximate surface area is 153 Å². The van der Waals surface area contributed by atoms with Gasteiger partial charge in [-0.15, -0.1) is 0 Å². The van der Waals surface area contributed by atoms with Crippen molar-refractivity contribution in [2.75, 3.05) is 4.90 Å². The van der Waals surface area contributed by atoms with Crippen molar-refractivity contribution in [1.82, 2.24) is 0 Å². The summed E-state index contributed by atoms with van der Waals surface area (Å²) in [4.78, 5) is 23.0. The second-order valence-corrected chi connectivity index (χ2v) is 11.0. The second-order valence-electron chi connectivity index (χ2n) is 5.29. The molecular formula is C14H11Cl2F4NO3Ru. The van der Waals surface area contributed by atoms with Gasteiger partial charge in [-0.05, 0) is 0 Å². The Balaban J connectivity index is 2.56. The first kappa shape index (κ1) is 20.3. The second kappa shape index (κ2) is 6.93. The van der Waals surface area contributed by atoms with Crippen molar-refractivity contribution in [3.63, 3.8) is 0 Å². The number of carbonyl (C=O) groups excluding carboxylic acids is 2. The third-order valence-electron chi connectivity index (χ3n) is 3.14. The Morgan fingerprint density at radius 1 is 1.12 bits per heavy atom. The van der Waals surface area contributed by atoms with Crippen LogP contribution in [0.15, 0.2) is 18.2 Å². The topological polar surface area (TPSA) is 46.6 Å². The number of imide groups is 1. The van der Waals surface area contributed by atoms with Crippen molar-refractivity contribution in [2.45, 2.75) is 31.8 Å². The Morgan fingerprint density at radius 3 is 2.08 bits per heavy atom. The zero-order chi connectivity index (χ0) is 19.2. The average Bonchev–Trinajstić information content (AvgIpc) is 2.58. The number of benzene rings is 1. The van der Waals surface area contributed by atoms with Crippen molar-refractivity contribution in [3.8, 4) is 5.75 Å². The van der Waals surface area contributed by atoms with E-state index in [1.165, 1.54) is 10.7 Å². The number of amides is 2. The molecule has 0 atom stereocenters. The Bertz CT molecular complexity index is 740. The van der Waals surface area contributed by atoms with E-state index in [2.05, 4.69) is 0 Å². The molecule has 1 aromatic carbocycles. The number of anilines is 1. The first-order valence-corrected chi connectivity index (χ1v) is 12.2. The van der Waals surface area contributed by atoms with Crippen molar-refractivity contribution in [2.24, 2.45) is 0 Å². The fraction of sp³-hybridized carbons (Fsp3) is 0.357. The van der Waals surface area contributed by atoms with Gasteiger partial charge in [0.15, 0.2) is 0 Å². The van der Waals surface area contributed by atoms with Gasteiger partial charge in [0.2, 0.25) is 0 Å². The van der Waals surface area contributed by atoms with Crippen LogP contribution in [0.25, 0.3) is 0 Å². The Kier molecular flexibility index (Phi) is 5.62. The molecule has 1 aliphatic rings. The molecule has 4 nitrogen and oxygen atoms in total. The fourth-order valence-electron chi connectivity index (χ4n) is 2.08. The first-order valence-electron chi connectivity index (χ1n) is 6.68. The van der Waals surface area contributed by atoms with E-state index in [1.54, 1.807) is 13.8 Å². The van der Waals surface area contributed by atoms with Crippen LogP contribution in [0.1, 0.15) is 19.4 Å². The summed E-state index contributed by atoms with van der Waals surface area (Å²) in [5.74, 6) is -14.6. The first-order chi connectivity index (χ1) is 11.4. The van der Waals surface area contributed by atoms with Crippen LogP contribution in [0.2, 0.25) is 0 Å². The molecule has 25 heavy (non-hydrogen) atoms. The van der Waals surface area contributed by atoms with Gasteiger partial charge in [0.25, 0.3) is 0 Å². The molecule has 0 spiro atoms. The quantitative estimate of drug-likeness (QED) is 0.369. The molecule has 2 rings (SSSR count). The van der Waals surface area contributed by atoms with E-state index in [-0.39, 0.29) is 22.3 Å². The average molecular weight is 489 g/mol. The van der Waals surface area contributed by atoms with E-state index in [4.69, 9.17) is 24.1 Å². The fourth-order valence-corrected chi connectivity index (χ4v) is 3.86. The molecule has 1 saturated heterocycles. The third-order valence-corrected chi connectivity index (χ3v) is 4.97. The van der Waals surface area contributed by atoms with E-state index in [1.807, 2.05) is 0 Å². The van der Waals surface area contributed by atoms with Crippen molar-refractivity contribution in [1.29, 1.82) is 0 Å². The molecule has 1 aromatic rings. The van der Waals surface area contributed by atoms with E-state index in [0.717, 1.165) is 12.1 Å². The summed E-state index contributed by atoms with van der Waals surface area (Å²) in [5.41, 5.74) is -0.230. The van der Waals surface area contributed by atoms with Gasteiger partial charge in [-0.1, -0.05) is 0 Å². The maximum absolute atomic E-state index is 13.4. The van der Waals surface area contributed by atoms with Gasteiger partial charge in [0, 0.05) is 0 Å². The maximum atomic E-state index is 13.4. The van der Waals surface area contributed by atoms with Crippen LogP contribution in [0, 0.1) is 0 Å².